The van der Waals surface area contributed by atoms with Crippen LogP contribution < -0.4 is 5.32 Å². The number of methoxy groups -OCH3 is 1. The number of aromatic nitrogens is 2. The minimum absolute atomic E-state index is 0.0126. The molecule has 8 nitrogen and oxygen atoms in total. The monoisotopic (exact) mass is 410 g/mol. The van der Waals surface area contributed by atoms with E-state index in [2.05, 4.69) is 22.2 Å². The number of hydrogen-bond acceptors (Lipinski definition) is 5. The number of aromatic amines is 1. The van der Waals surface area contributed by atoms with E-state index in [1.54, 1.807) is 11.8 Å². The number of pyridine rings is 1. The summed E-state index contributed by atoms with van der Waals surface area (Å²) in [6.07, 6.45) is 5.71. The van der Waals surface area contributed by atoms with Crippen molar-refractivity contribution in [1.82, 2.24) is 14.9 Å². The molecular formula is C22H26N4O4. The third-order valence-corrected chi connectivity index (χ3v) is 5.83. The molecule has 1 aliphatic carbocycles. The summed E-state index contributed by atoms with van der Waals surface area (Å²) in [6.45, 7) is 4.54. The largest absolute Gasteiger partial charge is 0.468 e. The molecule has 8 heteroatoms. The minimum Gasteiger partial charge on any atom is -0.468 e. The Kier molecular flexibility index (Phi) is 5.32. The first-order chi connectivity index (χ1) is 14.4. The second-order valence-corrected chi connectivity index (χ2v) is 8.11. The molecule has 158 valence electrons. The van der Waals surface area contributed by atoms with Gasteiger partial charge >= 0.3 is 5.97 Å². The molecule has 2 amide bonds. The van der Waals surface area contributed by atoms with Crippen molar-refractivity contribution in [3.8, 4) is 0 Å². The maximum atomic E-state index is 12.6. The van der Waals surface area contributed by atoms with E-state index >= 15 is 0 Å². The topological polar surface area (TPSA) is 104 Å². The Labute approximate surface area is 174 Å². The second-order valence-electron chi connectivity index (χ2n) is 8.11. The maximum absolute atomic E-state index is 12.6. The summed E-state index contributed by atoms with van der Waals surface area (Å²) in [5.74, 6) is -0.886. The zero-order valence-electron chi connectivity index (χ0n) is 17.4. The van der Waals surface area contributed by atoms with Gasteiger partial charge in [0.2, 0.25) is 11.8 Å². The van der Waals surface area contributed by atoms with Gasteiger partial charge in [-0.2, -0.15) is 0 Å². The van der Waals surface area contributed by atoms with E-state index in [1.165, 1.54) is 7.11 Å². The molecule has 1 aliphatic heterocycles. The van der Waals surface area contributed by atoms with Gasteiger partial charge in [-0.25, -0.2) is 4.98 Å². The van der Waals surface area contributed by atoms with Crippen LogP contribution in [0.5, 0.6) is 0 Å². The third kappa shape index (κ3) is 3.81. The van der Waals surface area contributed by atoms with Gasteiger partial charge in [0, 0.05) is 30.6 Å². The lowest BCUT2D eigenvalue weighted by molar-refractivity contribution is -0.152. The van der Waals surface area contributed by atoms with Crippen molar-refractivity contribution >= 4 is 40.2 Å². The van der Waals surface area contributed by atoms with E-state index in [0.717, 1.165) is 29.4 Å². The molecule has 0 spiro atoms. The smallest absolute Gasteiger partial charge is 0.317 e. The molecule has 0 radical (unpaired) electrons. The van der Waals surface area contributed by atoms with Crippen LogP contribution in [0.3, 0.4) is 0 Å². The number of amides is 2. The number of ether oxygens (including phenoxy) is 1. The van der Waals surface area contributed by atoms with E-state index in [4.69, 9.17) is 4.74 Å². The average molecular weight is 410 g/mol. The average Bonchev–Trinajstić information content (AvgIpc) is 3.49. The first kappa shape index (κ1) is 20.1. The number of carbonyl (C=O) groups excluding carboxylic acids is 3. The summed E-state index contributed by atoms with van der Waals surface area (Å²) in [5.41, 5.74) is 2.80. The Bertz CT molecular complexity index is 1040. The van der Waals surface area contributed by atoms with Crippen molar-refractivity contribution in [2.24, 2.45) is 17.8 Å². The quantitative estimate of drug-likeness (QED) is 0.582. The molecule has 30 heavy (non-hydrogen) atoms. The van der Waals surface area contributed by atoms with E-state index in [-0.39, 0.29) is 23.7 Å². The standard InChI is InChI=1S/C22H26N4O4/c1-12-11-26(21(28)13(2)22(29)30-3)9-7-15(12)17-10-18(25-20(27)14-4-5-14)24-19-16(17)6-8-23-19/h6-8,10,12-14H,4-5,9,11H2,1-3H3,(H2,23,24,25,27). The SMILES string of the molecule is COC(=O)C(C)C(=O)N1CC=C(c2cc(NC(=O)C3CC3)nc3[nH]ccc23)C(C)C1. The Balaban J connectivity index is 1.61. The molecule has 0 saturated heterocycles. The number of anilines is 1. The molecule has 2 aromatic heterocycles. The molecule has 1 fully saturated rings. The first-order valence-corrected chi connectivity index (χ1v) is 10.2. The number of esters is 1. The van der Waals surface area contributed by atoms with Crippen LogP contribution in [-0.4, -0.2) is 52.9 Å². The summed E-state index contributed by atoms with van der Waals surface area (Å²) in [7, 11) is 1.29. The van der Waals surface area contributed by atoms with Crippen molar-refractivity contribution < 1.29 is 19.1 Å². The third-order valence-electron chi connectivity index (χ3n) is 5.83. The lowest BCUT2D eigenvalue weighted by atomic mass is 9.89. The van der Waals surface area contributed by atoms with Gasteiger partial charge in [0.25, 0.3) is 0 Å². The van der Waals surface area contributed by atoms with Crippen LogP contribution >= 0.6 is 0 Å². The molecule has 0 aromatic carbocycles. The maximum Gasteiger partial charge on any atom is 0.317 e. The highest BCUT2D eigenvalue weighted by atomic mass is 16.5. The van der Waals surface area contributed by atoms with Crippen LogP contribution in [-0.2, 0) is 19.1 Å². The van der Waals surface area contributed by atoms with Gasteiger partial charge in [-0.1, -0.05) is 13.0 Å². The number of nitrogens with one attached hydrogen (secondary N) is 2. The van der Waals surface area contributed by atoms with Crippen LogP contribution in [0.2, 0.25) is 0 Å². The summed E-state index contributed by atoms with van der Waals surface area (Å²) in [6, 6.07) is 3.88. The number of H-pyrrole nitrogens is 1. The van der Waals surface area contributed by atoms with Gasteiger partial charge in [0.1, 0.15) is 17.4 Å². The number of nitrogens with zero attached hydrogens (tertiary/aromatic N) is 2. The van der Waals surface area contributed by atoms with Crippen molar-refractivity contribution in [2.45, 2.75) is 26.7 Å². The van der Waals surface area contributed by atoms with Crippen LogP contribution in [0.1, 0.15) is 32.3 Å². The second kappa shape index (κ2) is 7.93. The molecule has 4 rings (SSSR count). The molecule has 2 aromatic rings. The van der Waals surface area contributed by atoms with Gasteiger partial charge < -0.3 is 19.9 Å². The van der Waals surface area contributed by atoms with Gasteiger partial charge in [-0.05, 0) is 49.0 Å². The van der Waals surface area contributed by atoms with Gasteiger partial charge in [-0.15, -0.1) is 0 Å². The fourth-order valence-electron chi connectivity index (χ4n) is 3.93. The summed E-state index contributed by atoms with van der Waals surface area (Å²) >= 11 is 0. The van der Waals surface area contributed by atoms with Crippen LogP contribution in [0.15, 0.2) is 24.4 Å². The number of carbonyl (C=O) groups is 3. The lowest BCUT2D eigenvalue weighted by Crippen LogP contribution is -2.43. The molecule has 2 unspecified atom stereocenters. The highest BCUT2D eigenvalue weighted by Crippen LogP contribution is 2.35. The zero-order valence-corrected chi connectivity index (χ0v) is 17.4. The van der Waals surface area contributed by atoms with Gasteiger partial charge in [0.05, 0.1) is 7.11 Å². The fourth-order valence-corrected chi connectivity index (χ4v) is 3.93. The number of fused-ring (bicyclic) bond motifs is 1. The van der Waals surface area contributed by atoms with Crippen molar-refractivity contribution in [3.05, 3.63) is 30.0 Å². The summed E-state index contributed by atoms with van der Waals surface area (Å²) in [4.78, 5) is 45.9. The minimum atomic E-state index is -0.821. The Morgan fingerprint density at radius 2 is 2.10 bits per heavy atom. The predicted molar refractivity (Wildman–Crippen MR) is 112 cm³/mol. The lowest BCUT2D eigenvalue weighted by Gasteiger charge is -2.32. The van der Waals surface area contributed by atoms with Crippen LogP contribution in [0, 0.1) is 17.8 Å². The molecular weight excluding hydrogens is 384 g/mol. The molecule has 2 atom stereocenters. The van der Waals surface area contributed by atoms with Crippen molar-refractivity contribution in [2.75, 3.05) is 25.5 Å². The highest BCUT2D eigenvalue weighted by molar-refractivity contribution is 5.99. The normalized spacial score (nSPS) is 19.9. The van der Waals surface area contributed by atoms with E-state index in [1.807, 2.05) is 24.4 Å². The molecule has 2 N–H and O–H groups in total. The summed E-state index contributed by atoms with van der Waals surface area (Å²) in [5, 5.41) is 3.90. The number of rotatable bonds is 5. The molecule has 2 aliphatic rings. The Morgan fingerprint density at radius 3 is 2.77 bits per heavy atom. The Hall–Kier alpha value is -3.16. The van der Waals surface area contributed by atoms with E-state index in [9.17, 15) is 14.4 Å². The molecule has 3 heterocycles. The first-order valence-electron chi connectivity index (χ1n) is 10.2. The van der Waals surface area contributed by atoms with Crippen LogP contribution in [0.4, 0.5) is 5.82 Å². The van der Waals surface area contributed by atoms with Gasteiger partial charge in [0.15, 0.2) is 0 Å². The zero-order chi connectivity index (χ0) is 21.4. The fraction of sp³-hybridized carbons (Fsp3) is 0.455. The van der Waals surface area contributed by atoms with E-state index < -0.39 is 11.9 Å². The molecule has 0 bridgehead atoms. The van der Waals surface area contributed by atoms with Gasteiger partial charge in [-0.3, -0.25) is 14.4 Å². The summed E-state index contributed by atoms with van der Waals surface area (Å²) < 4.78 is 4.70. The van der Waals surface area contributed by atoms with E-state index in [0.29, 0.717) is 24.6 Å². The van der Waals surface area contributed by atoms with Crippen molar-refractivity contribution in [1.29, 1.82) is 0 Å². The van der Waals surface area contributed by atoms with Crippen molar-refractivity contribution in [3.63, 3.8) is 0 Å². The number of hydrogen-bond donors (Lipinski definition) is 2. The highest BCUT2D eigenvalue weighted by Gasteiger charge is 2.32. The van der Waals surface area contributed by atoms with Crippen LogP contribution in [0.25, 0.3) is 16.6 Å². The predicted octanol–water partition coefficient (Wildman–Crippen LogP) is 2.58. The molecule has 1 saturated carbocycles. The Morgan fingerprint density at radius 1 is 1.33 bits per heavy atom.